The third kappa shape index (κ3) is 6.95. The molecule has 18 heavy (non-hydrogen) atoms. The van der Waals surface area contributed by atoms with Crippen LogP contribution in [0.1, 0.15) is 27.2 Å². The fourth-order valence-corrected chi connectivity index (χ4v) is 1.87. The SMILES string of the molecule is CC(NC(=O)O)C(CN)CC(C)(C)CNC(=O)O. The van der Waals surface area contributed by atoms with E-state index in [0.29, 0.717) is 19.5 Å². The van der Waals surface area contributed by atoms with E-state index in [1.54, 1.807) is 6.92 Å². The summed E-state index contributed by atoms with van der Waals surface area (Å²) in [4.78, 5) is 21.0. The maximum Gasteiger partial charge on any atom is 0.404 e. The molecule has 106 valence electrons. The van der Waals surface area contributed by atoms with Crippen LogP contribution < -0.4 is 16.4 Å². The minimum Gasteiger partial charge on any atom is -0.465 e. The Morgan fingerprint density at radius 2 is 1.83 bits per heavy atom. The van der Waals surface area contributed by atoms with E-state index in [4.69, 9.17) is 15.9 Å². The van der Waals surface area contributed by atoms with Crippen LogP contribution >= 0.6 is 0 Å². The van der Waals surface area contributed by atoms with Crippen LogP contribution in [-0.2, 0) is 0 Å². The summed E-state index contributed by atoms with van der Waals surface area (Å²) in [5, 5.41) is 21.9. The van der Waals surface area contributed by atoms with Crippen LogP contribution in [0.25, 0.3) is 0 Å². The van der Waals surface area contributed by atoms with Gasteiger partial charge in [-0.25, -0.2) is 9.59 Å². The molecule has 0 heterocycles. The highest BCUT2D eigenvalue weighted by Gasteiger charge is 2.27. The zero-order chi connectivity index (χ0) is 14.3. The smallest absolute Gasteiger partial charge is 0.404 e. The molecule has 0 bridgehead atoms. The van der Waals surface area contributed by atoms with Gasteiger partial charge in [0.25, 0.3) is 0 Å². The van der Waals surface area contributed by atoms with Gasteiger partial charge in [-0.1, -0.05) is 13.8 Å². The monoisotopic (exact) mass is 261 g/mol. The zero-order valence-corrected chi connectivity index (χ0v) is 11.1. The first kappa shape index (κ1) is 16.5. The van der Waals surface area contributed by atoms with Crippen molar-refractivity contribution in [1.82, 2.24) is 10.6 Å². The molecule has 0 rings (SSSR count). The third-order valence-corrected chi connectivity index (χ3v) is 2.89. The lowest BCUT2D eigenvalue weighted by molar-refractivity contribution is 0.171. The molecule has 0 radical (unpaired) electrons. The minimum atomic E-state index is -1.08. The lowest BCUT2D eigenvalue weighted by atomic mass is 9.80. The fraction of sp³-hybridized carbons (Fsp3) is 0.818. The zero-order valence-electron chi connectivity index (χ0n) is 11.1. The number of nitrogens with two attached hydrogens (primary N) is 1. The first-order chi connectivity index (χ1) is 8.18. The lowest BCUT2D eigenvalue weighted by Crippen LogP contribution is -2.44. The number of amides is 2. The van der Waals surface area contributed by atoms with E-state index < -0.39 is 12.2 Å². The molecule has 0 saturated carbocycles. The van der Waals surface area contributed by atoms with Crippen LogP contribution in [0.15, 0.2) is 0 Å². The first-order valence-electron chi connectivity index (χ1n) is 5.84. The molecule has 2 unspecified atom stereocenters. The Hall–Kier alpha value is -1.50. The third-order valence-electron chi connectivity index (χ3n) is 2.89. The molecule has 6 N–H and O–H groups in total. The molecular weight excluding hydrogens is 238 g/mol. The minimum absolute atomic E-state index is 0.0355. The van der Waals surface area contributed by atoms with Crippen LogP contribution in [0.5, 0.6) is 0 Å². The standard InChI is InChI=1S/C11H23N3O4/c1-7(14-10(17)18)8(5-12)4-11(2,3)6-13-9(15)16/h7-8,13-14H,4-6,12H2,1-3H3,(H,15,16)(H,17,18). The molecule has 0 aromatic rings. The van der Waals surface area contributed by atoms with Crippen molar-refractivity contribution in [2.24, 2.45) is 17.1 Å². The van der Waals surface area contributed by atoms with E-state index in [1.165, 1.54) is 0 Å². The quantitative estimate of drug-likeness (QED) is 0.465. The van der Waals surface area contributed by atoms with Gasteiger partial charge >= 0.3 is 12.2 Å². The molecule has 0 aromatic carbocycles. The molecule has 0 fully saturated rings. The van der Waals surface area contributed by atoms with Crippen LogP contribution in [0, 0.1) is 11.3 Å². The highest BCUT2D eigenvalue weighted by atomic mass is 16.4. The Balaban J connectivity index is 4.40. The number of hydrogen-bond donors (Lipinski definition) is 5. The Morgan fingerprint density at radius 3 is 2.22 bits per heavy atom. The Kier molecular flexibility index (Phi) is 6.46. The van der Waals surface area contributed by atoms with Gasteiger partial charge in [0.15, 0.2) is 0 Å². The molecule has 0 saturated heterocycles. The predicted molar refractivity (Wildman–Crippen MR) is 67.6 cm³/mol. The topological polar surface area (TPSA) is 125 Å². The van der Waals surface area contributed by atoms with Gasteiger partial charge in [0.2, 0.25) is 0 Å². The number of carbonyl (C=O) groups is 2. The second-order valence-corrected chi connectivity index (χ2v) is 5.26. The van der Waals surface area contributed by atoms with Crippen molar-refractivity contribution in [3.8, 4) is 0 Å². The summed E-state index contributed by atoms with van der Waals surface area (Å²) in [7, 11) is 0. The van der Waals surface area contributed by atoms with Crippen LogP contribution in [0.4, 0.5) is 9.59 Å². The van der Waals surface area contributed by atoms with Gasteiger partial charge < -0.3 is 26.6 Å². The number of hydrogen-bond acceptors (Lipinski definition) is 3. The highest BCUT2D eigenvalue weighted by Crippen LogP contribution is 2.26. The largest absolute Gasteiger partial charge is 0.465 e. The summed E-state index contributed by atoms with van der Waals surface area (Å²) in [6, 6.07) is -0.267. The second-order valence-electron chi connectivity index (χ2n) is 5.26. The van der Waals surface area contributed by atoms with Crippen LogP contribution in [0.2, 0.25) is 0 Å². The molecule has 0 aliphatic carbocycles. The summed E-state index contributed by atoms with van der Waals surface area (Å²) in [5.74, 6) is -0.0355. The molecule has 2 atom stereocenters. The highest BCUT2D eigenvalue weighted by molar-refractivity contribution is 5.65. The molecule has 0 aromatic heterocycles. The van der Waals surface area contributed by atoms with Gasteiger partial charge in [-0.3, -0.25) is 0 Å². The van der Waals surface area contributed by atoms with E-state index in [9.17, 15) is 9.59 Å². The van der Waals surface area contributed by atoms with E-state index in [2.05, 4.69) is 10.6 Å². The number of rotatable bonds is 7. The maximum atomic E-state index is 10.6. The van der Waals surface area contributed by atoms with Crippen molar-refractivity contribution in [3.63, 3.8) is 0 Å². The summed E-state index contributed by atoms with van der Waals surface area (Å²) < 4.78 is 0. The molecule has 7 nitrogen and oxygen atoms in total. The number of nitrogens with one attached hydrogen (secondary N) is 2. The summed E-state index contributed by atoms with van der Waals surface area (Å²) in [5.41, 5.74) is 5.36. The molecule has 0 aliphatic heterocycles. The van der Waals surface area contributed by atoms with Crippen molar-refractivity contribution in [3.05, 3.63) is 0 Å². The van der Waals surface area contributed by atoms with Gasteiger partial charge in [0.05, 0.1) is 0 Å². The summed E-state index contributed by atoms with van der Waals surface area (Å²) in [6.07, 6.45) is -1.52. The number of carboxylic acid groups (broad SMARTS) is 2. The Morgan fingerprint density at radius 1 is 1.28 bits per heavy atom. The van der Waals surface area contributed by atoms with E-state index in [-0.39, 0.29) is 17.4 Å². The average molecular weight is 261 g/mol. The lowest BCUT2D eigenvalue weighted by Gasteiger charge is -2.32. The van der Waals surface area contributed by atoms with Gasteiger partial charge in [-0.05, 0) is 31.2 Å². The normalized spacial score (nSPS) is 14.7. The van der Waals surface area contributed by atoms with Gasteiger partial charge in [0, 0.05) is 12.6 Å². The predicted octanol–water partition coefficient (Wildman–Crippen LogP) is 0.901. The van der Waals surface area contributed by atoms with Crippen molar-refractivity contribution in [2.45, 2.75) is 33.2 Å². The molecule has 7 heteroatoms. The summed E-state index contributed by atoms with van der Waals surface area (Å²) >= 11 is 0. The van der Waals surface area contributed by atoms with Gasteiger partial charge in [0.1, 0.15) is 0 Å². The average Bonchev–Trinajstić information content (AvgIpc) is 2.22. The van der Waals surface area contributed by atoms with E-state index in [1.807, 2.05) is 13.8 Å². The van der Waals surface area contributed by atoms with Gasteiger partial charge in [-0.15, -0.1) is 0 Å². The molecular formula is C11H23N3O4. The van der Waals surface area contributed by atoms with Crippen LogP contribution in [0.3, 0.4) is 0 Å². The molecule has 0 aliphatic rings. The molecule has 2 amide bonds. The first-order valence-corrected chi connectivity index (χ1v) is 5.84. The Labute approximate surface area is 107 Å². The van der Waals surface area contributed by atoms with Crippen molar-refractivity contribution in [2.75, 3.05) is 13.1 Å². The van der Waals surface area contributed by atoms with Crippen molar-refractivity contribution >= 4 is 12.2 Å². The summed E-state index contributed by atoms with van der Waals surface area (Å²) in [6.45, 7) is 6.24. The van der Waals surface area contributed by atoms with Crippen molar-refractivity contribution in [1.29, 1.82) is 0 Å². The van der Waals surface area contributed by atoms with Crippen LogP contribution in [-0.4, -0.2) is 41.5 Å². The molecule has 0 spiro atoms. The second kappa shape index (κ2) is 7.05. The fourth-order valence-electron chi connectivity index (χ4n) is 1.87. The van der Waals surface area contributed by atoms with Crippen molar-refractivity contribution < 1.29 is 19.8 Å². The van der Waals surface area contributed by atoms with E-state index in [0.717, 1.165) is 0 Å². The van der Waals surface area contributed by atoms with Gasteiger partial charge in [-0.2, -0.15) is 0 Å². The maximum absolute atomic E-state index is 10.6. The Bertz CT molecular complexity index is 294. The van der Waals surface area contributed by atoms with E-state index >= 15 is 0 Å².